The highest BCUT2D eigenvalue weighted by Gasteiger charge is 2.23. The zero-order chi connectivity index (χ0) is 11.5. The van der Waals surface area contributed by atoms with Crippen LogP contribution in [0.15, 0.2) is 24.3 Å². The summed E-state index contributed by atoms with van der Waals surface area (Å²) < 4.78 is 5.44. The van der Waals surface area contributed by atoms with Crippen molar-refractivity contribution < 1.29 is 14.6 Å². The van der Waals surface area contributed by atoms with Crippen LogP contribution < -0.4 is 5.32 Å². The van der Waals surface area contributed by atoms with Crippen molar-refractivity contribution in [3.05, 3.63) is 29.8 Å². The highest BCUT2D eigenvalue weighted by atomic mass is 16.5. The number of nitrogens with one attached hydrogen (secondary N) is 1. The number of anilines is 1. The van der Waals surface area contributed by atoms with Crippen LogP contribution >= 0.6 is 0 Å². The minimum Gasteiger partial charge on any atom is -0.478 e. The third-order valence-electron chi connectivity index (χ3n) is 2.84. The molecule has 1 heterocycles. The molecule has 1 aliphatic rings. The first-order valence-electron chi connectivity index (χ1n) is 5.38. The van der Waals surface area contributed by atoms with Crippen molar-refractivity contribution in [2.24, 2.45) is 0 Å². The maximum absolute atomic E-state index is 10.8. The van der Waals surface area contributed by atoms with Gasteiger partial charge in [0, 0.05) is 12.3 Å². The summed E-state index contributed by atoms with van der Waals surface area (Å²) in [5.41, 5.74) is 1.14. The van der Waals surface area contributed by atoms with Crippen LogP contribution in [0.5, 0.6) is 0 Å². The van der Waals surface area contributed by atoms with Crippen LogP contribution in [0.25, 0.3) is 0 Å². The first kappa shape index (κ1) is 11.0. The monoisotopic (exact) mass is 221 g/mol. The molecule has 2 atom stereocenters. The maximum Gasteiger partial charge on any atom is 0.335 e. The third kappa shape index (κ3) is 2.33. The zero-order valence-electron chi connectivity index (χ0n) is 9.14. The smallest absolute Gasteiger partial charge is 0.335 e. The standard InChI is InChI=1S/C12H15NO3/c1-8-11(5-6-16-8)13-10-4-2-3-9(7-10)12(14)15/h2-4,7-8,11,13H,5-6H2,1H3,(H,14,15). The Labute approximate surface area is 94.2 Å². The molecule has 86 valence electrons. The van der Waals surface area contributed by atoms with Gasteiger partial charge in [-0.25, -0.2) is 4.79 Å². The van der Waals surface area contributed by atoms with Crippen molar-refractivity contribution in [2.45, 2.75) is 25.5 Å². The van der Waals surface area contributed by atoms with Gasteiger partial charge in [-0.15, -0.1) is 0 Å². The molecule has 1 aromatic rings. The molecule has 1 fully saturated rings. The molecule has 4 nitrogen and oxygen atoms in total. The molecule has 0 radical (unpaired) electrons. The second kappa shape index (κ2) is 4.53. The Bertz CT molecular complexity index is 392. The molecule has 2 unspecified atom stereocenters. The van der Waals surface area contributed by atoms with Crippen LogP contribution in [0.3, 0.4) is 0 Å². The fourth-order valence-electron chi connectivity index (χ4n) is 1.88. The quantitative estimate of drug-likeness (QED) is 0.819. The van der Waals surface area contributed by atoms with Gasteiger partial charge in [-0.2, -0.15) is 0 Å². The van der Waals surface area contributed by atoms with Gasteiger partial charge in [0.05, 0.1) is 17.7 Å². The van der Waals surface area contributed by atoms with Crippen LogP contribution in [-0.4, -0.2) is 29.8 Å². The topological polar surface area (TPSA) is 58.6 Å². The number of carbonyl (C=O) groups is 1. The summed E-state index contributed by atoms with van der Waals surface area (Å²) in [6.45, 7) is 2.78. The lowest BCUT2D eigenvalue weighted by atomic mass is 10.1. The van der Waals surface area contributed by atoms with Crippen molar-refractivity contribution in [1.82, 2.24) is 0 Å². The van der Waals surface area contributed by atoms with E-state index in [1.807, 2.05) is 13.0 Å². The van der Waals surface area contributed by atoms with E-state index >= 15 is 0 Å². The summed E-state index contributed by atoms with van der Waals surface area (Å²) >= 11 is 0. The molecule has 0 aliphatic carbocycles. The van der Waals surface area contributed by atoms with E-state index in [0.717, 1.165) is 18.7 Å². The molecule has 0 amide bonds. The number of benzene rings is 1. The Kier molecular flexibility index (Phi) is 3.10. The first-order chi connectivity index (χ1) is 7.66. The molecule has 0 spiro atoms. The van der Waals surface area contributed by atoms with Gasteiger partial charge < -0.3 is 15.2 Å². The molecular weight excluding hydrogens is 206 g/mol. The summed E-state index contributed by atoms with van der Waals surface area (Å²) in [7, 11) is 0. The maximum atomic E-state index is 10.8. The molecule has 0 aromatic heterocycles. The molecule has 1 saturated heterocycles. The SMILES string of the molecule is CC1OCCC1Nc1cccc(C(=O)O)c1. The molecule has 4 heteroatoms. The molecule has 16 heavy (non-hydrogen) atoms. The summed E-state index contributed by atoms with van der Waals surface area (Å²) in [6, 6.07) is 7.11. The average molecular weight is 221 g/mol. The fourth-order valence-corrected chi connectivity index (χ4v) is 1.88. The molecule has 2 N–H and O–H groups in total. The van der Waals surface area contributed by atoms with Crippen LogP contribution in [0.2, 0.25) is 0 Å². The van der Waals surface area contributed by atoms with E-state index in [2.05, 4.69) is 5.32 Å². The van der Waals surface area contributed by atoms with Crippen molar-refractivity contribution in [3.63, 3.8) is 0 Å². The van der Waals surface area contributed by atoms with E-state index in [1.165, 1.54) is 0 Å². The predicted molar refractivity (Wildman–Crippen MR) is 60.8 cm³/mol. The summed E-state index contributed by atoms with van der Waals surface area (Å²) in [6.07, 6.45) is 1.13. The number of hydrogen-bond donors (Lipinski definition) is 2. The Morgan fingerprint density at radius 1 is 1.56 bits per heavy atom. The molecule has 1 aliphatic heterocycles. The number of aromatic carboxylic acids is 1. The Balaban J connectivity index is 2.09. The van der Waals surface area contributed by atoms with E-state index in [0.29, 0.717) is 5.56 Å². The van der Waals surface area contributed by atoms with E-state index in [4.69, 9.17) is 9.84 Å². The van der Waals surface area contributed by atoms with Gasteiger partial charge in [0.2, 0.25) is 0 Å². The normalized spacial score (nSPS) is 24.3. The second-order valence-electron chi connectivity index (χ2n) is 4.00. The lowest BCUT2D eigenvalue weighted by Crippen LogP contribution is -2.26. The highest BCUT2D eigenvalue weighted by molar-refractivity contribution is 5.88. The van der Waals surface area contributed by atoms with Crippen molar-refractivity contribution in [3.8, 4) is 0 Å². The highest BCUT2D eigenvalue weighted by Crippen LogP contribution is 2.19. The molecule has 2 rings (SSSR count). The lowest BCUT2D eigenvalue weighted by molar-refractivity contribution is 0.0697. The van der Waals surface area contributed by atoms with E-state index in [9.17, 15) is 4.79 Å². The lowest BCUT2D eigenvalue weighted by Gasteiger charge is -2.17. The van der Waals surface area contributed by atoms with Crippen LogP contribution in [0.1, 0.15) is 23.7 Å². The number of ether oxygens (including phenoxy) is 1. The predicted octanol–water partition coefficient (Wildman–Crippen LogP) is 1.97. The number of carboxylic acid groups (broad SMARTS) is 1. The summed E-state index contributed by atoms with van der Waals surface area (Å²) in [5, 5.41) is 12.2. The largest absolute Gasteiger partial charge is 0.478 e. The minimum atomic E-state index is -0.903. The van der Waals surface area contributed by atoms with Crippen LogP contribution in [0.4, 0.5) is 5.69 Å². The average Bonchev–Trinajstić information content (AvgIpc) is 2.65. The van der Waals surface area contributed by atoms with Crippen LogP contribution in [0, 0.1) is 0 Å². The van der Waals surface area contributed by atoms with Gasteiger partial charge in [-0.05, 0) is 31.5 Å². The number of hydrogen-bond acceptors (Lipinski definition) is 3. The van der Waals surface area contributed by atoms with E-state index in [-0.39, 0.29) is 12.1 Å². The van der Waals surface area contributed by atoms with Crippen molar-refractivity contribution >= 4 is 11.7 Å². The van der Waals surface area contributed by atoms with E-state index in [1.54, 1.807) is 18.2 Å². The second-order valence-corrected chi connectivity index (χ2v) is 4.00. The number of rotatable bonds is 3. The molecular formula is C12H15NO3. The van der Waals surface area contributed by atoms with Gasteiger partial charge in [0.1, 0.15) is 0 Å². The Hall–Kier alpha value is -1.55. The van der Waals surface area contributed by atoms with Gasteiger partial charge in [0.25, 0.3) is 0 Å². The van der Waals surface area contributed by atoms with E-state index < -0.39 is 5.97 Å². The number of carboxylic acids is 1. The molecule has 0 bridgehead atoms. The molecule has 1 aromatic carbocycles. The van der Waals surface area contributed by atoms with Crippen molar-refractivity contribution in [2.75, 3.05) is 11.9 Å². The third-order valence-corrected chi connectivity index (χ3v) is 2.84. The minimum absolute atomic E-state index is 0.175. The van der Waals surface area contributed by atoms with Gasteiger partial charge in [0.15, 0.2) is 0 Å². The van der Waals surface area contributed by atoms with Gasteiger partial charge >= 0.3 is 5.97 Å². The fraction of sp³-hybridized carbons (Fsp3) is 0.417. The van der Waals surface area contributed by atoms with Gasteiger partial charge in [-0.3, -0.25) is 0 Å². The first-order valence-corrected chi connectivity index (χ1v) is 5.38. The van der Waals surface area contributed by atoms with Crippen molar-refractivity contribution in [1.29, 1.82) is 0 Å². The summed E-state index contributed by atoms with van der Waals surface area (Å²) in [5.74, 6) is -0.903. The Morgan fingerprint density at radius 2 is 2.38 bits per heavy atom. The van der Waals surface area contributed by atoms with Crippen LogP contribution in [-0.2, 0) is 4.74 Å². The zero-order valence-corrected chi connectivity index (χ0v) is 9.14. The summed E-state index contributed by atoms with van der Waals surface area (Å²) in [4.78, 5) is 10.8. The Morgan fingerprint density at radius 3 is 3.00 bits per heavy atom. The van der Waals surface area contributed by atoms with Gasteiger partial charge in [-0.1, -0.05) is 6.07 Å². The molecule has 0 saturated carbocycles.